The van der Waals surface area contributed by atoms with Gasteiger partial charge in [-0.3, -0.25) is 4.98 Å². The summed E-state index contributed by atoms with van der Waals surface area (Å²) in [7, 11) is 1.56. The topological polar surface area (TPSA) is 73.5 Å². The summed E-state index contributed by atoms with van der Waals surface area (Å²) in [6.07, 6.45) is 3.64. The molecule has 0 amide bonds. The van der Waals surface area contributed by atoms with Crippen LogP contribution < -0.4 is 15.4 Å². The Balaban J connectivity index is 1.80. The molecule has 1 aliphatic heterocycles. The molecule has 6 nitrogen and oxygen atoms in total. The van der Waals surface area contributed by atoms with Crippen molar-refractivity contribution in [2.75, 3.05) is 44.0 Å². The van der Waals surface area contributed by atoms with E-state index in [2.05, 4.69) is 27.0 Å². The molecule has 0 atom stereocenters. The smallest absolute Gasteiger partial charge is 0.236 e. The summed E-state index contributed by atoms with van der Waals surface area (Å²) >= 11 is 0. The third-order valence-electron chi connectivity index (χ3n) is 4.48. The average molecular weight is 336 g/mol. The van der Waals surface area contributed by atoms with Crippen LogP contribution in [0.5, 0.6) is 5.88 Å². The second kappa shape index (κ2) is 6.57. The van der Waals surface area contributed by atoms with Gasteiger partial charge in [0.25, 0.3) is 0 Å². The number of hydrogen-bond donors (Lipinski definition) is 1. The number of ether oxygens (including phenoxy) is 2. The number of nitrogens with two attached hydrogens (primary N) is 1. The van der Waals surface area contributed by atoms with E-state index < -0.39 is 0 Å². The number of nitrogen functional groups attached to an aromatic ring is 1. The van der Waals surface area contributed by atoms with Crippen LogP contribution in [-0.2, 0) is 4.74 Å². The summed E-state index contributed by atoms with van der Waals surface area (Å²) in [4.78, 5) is 11.1. The highest BCUT2D eigenvalue weighted by Crippen LogP contribution is 2.32. The molecule has 4 rings (SSSR count). The second-order valence-corrected chi connectivity index (χ2v) is 5.98. The Morgan fingerprint density at radius 3 is 2.68 bits per heavy atom. The third kappa shape index (κ3) is 2.96. The molecule has 25 heavy (non-hydrogen) atoms. The summed E-state index contributed by atoms with van der Waals surface area (Å²) in [5.74, 6) is 0.445. The molecule has 1 aromatic carbocycles. The lowest BCUT2D eigenvalue weighted by molar-refractivity contribution is 0.123. The number of fused-ring (bicyclic) bond motifs is 1. The molecular formula is C19H20N4O2. The molecule has 6 heteroatoms. The number of hydrogen-bond acceptors (Lipinski definition) is 6. The van der Waals surface area contributed by atoms with E-state index in [9.17, 15) is 0 Å². The van der Waals surface area contributed by atoms with Gasteiger partial charge in [-0.2, -0.15) is 0 Å². The third-order valence-corrected chi connectivity index (χ3v) is 4.48. The number of pyridine rings is 2. The first-order chi connectivity index (χ1) is 12.3. The van der Waals surface area contributed by atoms with Gasteiger partial charge in [-0.15, -0.1) is 0 Å². The quantitative estimate of drug-likeness (QED) is 0.793. The van der Waals surface area contributed by atoms with Crippen molar-refractivity contribution in [3.05, 3.63) is 42.7 Å². The Morgan fingerprint density at radius 1 is 1.08 bits per heavy atom. The minimum absolute atomic E-state index is 0.445. The van der Waals surface area contributed by atoms with Crippen LogP contribution in [0.1, 0.15) is 0 Å². The first kappa shape index (κ1) is 15.7. The highest BCUT2D eigenvalue weighted by molar-refractivity contribution is 5.94. The molecule has 3 aromatic rings. The second-order valence-electron chi connectivity index (χ2n) is 5.98. The van der Waals surface area contributed by atoms with Crippen molar-refractivity contribution in [1.29, 1.82) is 0 Å². The number of methoxy groups -OCH3 is 1. The monoisotopic (exact) mass is 336 g/mol. The summed E-state index contributed by atoms with van der Waals surface area (Å²) in [5.41, 5.74) is 10.7. The van der Waals surface area contributed by atoms with E-state index in [0.29, 0.717) is 11.6 Å². The van der Waals surface area contributed by atoms with Crippen LogP contribution in [0, 0.1) is 0 Å². The molecule has 1 fully saturated rings. The lowest BCUT2D eigenvalue weighted by atomic mass is 10.0. The lowest BCUT2D eigenvalue weighted by Crippen LogP contribution is -2.36. The molecule has 128 valence electrons. The zero-order valence-electron chi connectivity index (χ0n) is 14.1. The predicted molar refractivity (Wildman–Crippen MR) is 99.0 cm³/mol. The van der Waals surface area contributed by atoms with E-state index in [-0.39, 0.29) is 0 Å². The Kier molecular flexibility index (Phi) is 4.11. The number of aromatic nitrogens is 2. The van der Waals surface area contributed by atoms with Crippen molar-refractivity contribution in [1.82, 2.24) is 9.97 Å². The lowest BCUT2D eigenvalue weighted by Gasteiger charge is -2.29. The van der Waals surface area contributed by atoms with Crippen LogP contribution in [0.2, 0.25) is 0 Å². The van der Waals surface area contributed by atoms with Gasteiger partial charge in [0.2, 0.25) is 5.88 Å². The molecule has 1 aliphatic rings. The van der Waals surface area contributed by atoms with E-state index in [1.165, 1.54) is 5.69 Å². The maximum absolute atomic E-state index is 6.01. The molecule has 0 radical (unpaired) electrons. The number of nitrogens with zero attached hydrogens (tertiary/aromatic N) is 3. The Bertz CT molecular complexity index is 907. The summed E-state index contributed by atoms with van der Waals surface area (Å²) in [6.45, 7) is 3.28. The van der Waals surface area contributed by atoms with Crippen molar-refractivity contribution in [2.24, 2.45) is 0 Å². The van der Waals surface area contributed by atoms with Gasteiger partial charge in [0, 0.05) is 42.1 Å². The molecule has 0 bridgehead atoms. The highest BCUT2D eigenvalue weighted by atomic mass is 16.5. The minimum Gasteiger partial charge on any atom is -0.480 e. The summed E-state index contributed by atoms with van der Waals surface area (Å²) in [6, 6.07) is 10.2. The number of rotatable bonds is 3. The van der Waals surface area contributed by atoms with Gasteiger partial charge in [-0.25, -0.2) is 4.98 Å². The number of morpholine rings is 1. The van der Waals surface area contributed by atoms with E-state index in [1.54, 1.807) is 13.3 Å². The van der Waals surface area contributed by atoms with Gasteiger partial charge >= 0.3 is 0 Å². The standard InChI is InChI=1S/C19H20N4O2/c1-24-19-16(20)11-14(12-22-19)13-2-3-17-15(10-13)18(4-5-21-17)23-6-8-25-9-7-23/h2-5,10-12H,6-9,20H2,1H3. The van der Waals surface area contributed by atoms with Crippen LogP contribution in [0.3, 0.4) is 0 Å². The van der Waals surface area contributed by atoms with Crippen LogP contribution in [0.15, 0.2) is 42.7 Å². The van der Waals surface area contributed by atoms with Gasteiger partial charge in [-0.05, 0) is 29.8 Å². The maximum atomic E-state index is 6.01. The maximum Gasteiger partial charge on any atom is 0.236 e. The fourth-order valence-corrected chi connectivity index (χ4v) is 3.19. The van der Waals surface area contributed by atoms with Gasteiger partial charge < -0.3 is 20.1 Å². The van der Waals surface area contributed by atoms with E-state index in [1.807, 2.05) is 24.4 Å². The molecule has 2 N–H and O–H groups in total. The molecule has 0 aliphatic carbocycles. The molecule has 2 aromatic heterocycles. The molecular weight excluding hydrogens is 316 g/mol. The first-order valence-electron chi connectivity index (χ1n) is 8.27. The molecule has 0 spiro atoms. The van der Waals surface area contributed by atoms with E-state index in [4.69, 9.17) is 15.2 Å². The van der Waals surface area contributed by atoms with Gasteiger partial charge in [0.05, 0.1) is 31.5 Å². The van der Waals surface area contributed by atoms with Crippen LogP contribution in [-0.4, -0.2) is 43.4 Å². The van der Waals surface area contributed by atoms with Crippen LogP contribution in [0.4, 0.5) is 11.4 Å². The fourth-order valence-electron chi connectivity index (χ4n) is 3.19. The SMILES string of the molecule is COc1ncc(-c2ccc3nccc(N4CCOCC4)c3c2)cc1N. The normalized spacial score (nSPS) is 14.7. The van der Waals surface area contributed by atoms with Crippen molar-refractivity contribution in [2.45, 2.75) is 0 Å². The average Bonchev–Trinajstić information content (AvgIpc) is 2.67. The van der Waals surface area contributed by atoms with Crippen molar-refractivity contribution < 1.29 is 9.47 Å². The van der Waals surface area contributed by atoms with Gasteiger partial charge in [-0.1, -0.05) is 6.07 Å². The first-order valence-corrected chi connectivity index (χ1v) is 8.27. The van der Waals surface area contributed by atoms with Crippen molar-refractivity contribution >= 4 is 22.3 Å². The minimum atomic E-state index is 0.445. The zero-order chi connectivity index (χ0) is 17.2. The van der Waals surface area contributed by atoms with E-state index >= 15 is 0 Å². The molecule has 3 heterocycles. The molecule has 1 saturated heterocycles. The Hall–Kier alpha value is -2.86. The van der Waals surface area contributed by atoms with Gasteiger partial charge in [0.1, 0.15) is 0 Å². The predicted octanol–water partition coefficient (Wildman–Crippen LogP) is 2.72. The number of benzene rings is 1. The van der Waals surface area contributed by atoms with E-state index in [0.717, 1.165) is 48.3 Å². The van der Waals surface area contributed by atoms with Crippen LogP contribution >= 0.6 is 0 Å². The molecule has 0 unspecified atom stereocenters. The van der Waals surface area contributed by atoms with Gasteiger partial charge in [0.15, 0.2) is 0 Å². The summed E-state index contributed by atoms with van der Waals surface area (Å²) < 4.78 is 10.6. The highest BCUT2D eigenvalue weighted by Gasteiger charge is 2.15. The zero-order valence-corrected chi connectivity index (χ0v) is 14.1. The van der Waals surface area contributed by atoms with Crippen LogP contribution in [0.25, 0.3) is 22.0 Å². The molecule has 0 saturated carbocycles. The number of anilines is 2. The van der Waals surface area contributed by atoms with Crippen molar-refractivity contribution in [3.8, 4) is 17.0 Å². The summed E-state index contributed by atoms with van der Waals surface area (Å²) in [5, 5.41) is 1.12. The Labute approximate surface area is 146 Å². The Morgan fingerprint density at radius 2 is 1.92 bits per heavy atom. The largest absolute Gasteiger partial charge is 0.480 e. The fraction of sp³-hybridized carbons (Fsp3) is 0.263. The van der Waals surface area contributed by atoms with Crippen molar-refractivity contribution in [3.63, 3.8) is 0 Å².